The number of benzene rings is 2. The molecule has 1 nitrogen and oxygen atoms in total. The Morgan fingerprint density at radius 3 is 2.44 bits per heavy atom. The summed E-state index contributed by atoms with van der Waals surface area (Å²) in [5, 5.41) is 0.135. The van der Waals surface area contributed by atoms with Gasteiger partial charge < -0.3 is 5.73 Å². The van der Waals surface area contributed by atoms with Crippen molar-refractivity contribution in [2.45, 2.75) is 12.5 Å². The van der Waals surface area contributed by atoms with Crippen LogP contribution in [-0.4, -0.2) is 0 Å². The van der Waals surface area contributed by atoms with Gasteiger partial charge in [-0.25, -0.2) is 4.39 Å². The van der Waals surface area contributed by atoms with Crippen molar-refractivity contribution < 1.29 is 4.39 Å². The zero-order chi connectivity index (χ0) is 13.1. The lowest BCUT2D eigenvalue weighted by molar-refractivity contribution is 0.626. The molecular formula is C14H12BrClFN. The Morgan fingerprint density at radius 1 is 1.17 bits per heavy atom. The van der Waals surface area contributed by atoms with Gasteiger partial charge in [-0.15, -0.1) is 0 Å². The van der Waals surface area contributed by atoms with Crippen molar-refractivity contribution in [1.29, 1.82) is 0 Å². The van der Waals surface area contributed by atoms with Gasteiger partial charge in [-0.05, 0) is 41.8 Å². The maximum atomic E-state index is 13.0. The van der Waals surface area contributed by atoms with E-state index in [4.69, 9.17) is 17.3 Å². The van der Waals surface area contributed by atoms with Crippen LogP contribution >= 0.6 is 27.5 Å². The molecule has 0 fully saturated rings. The van der Waals surface area contributed by atoms with Crippen LogP contribution in [0, 0.1) is 5.82 Å². The van der Waals surface area contributed by atoms with Crippen LogP contribution in [0.4, 0.5) is 4.39 Å². The maximum Gasteiger partial charge on any atom is 0.141 e. The molecule has 0 heterocycles. The smallest absolute Gasteiger partial charge is 0.141 e. The maximum absolute atomic E-state index is 13.0. The van der Waals surface area contributed by atoms with Gasteiger partial charge >= 0.3 is 0 Å². The Balaban J connectivity index is 2.13. The fraction of sp³-hybridized carbons (Fsp3) is 0.143. The van der Waals surface area contributed by atoms with Gasteiger partial charge in [-0.2, -0.15) is 0 Å². The van der Waals surface area contributed by atoms with Gasteiger partial charge in [0.2, 0.25) is 0 Å². The van der Waals surface area contributed by atoms with Crippen molar-refractivity contribution >= 4 is 27.5 Å². The lowest BCUT2D eigenvalue weighted by Gasteiger charge is -2.12. The monoisotopic (exact) mass is 327 g/mol. The first-order valence-corrected chi connectivity index (χ1v) is 6.68. The summed E-state index contributed by atoms with van der Waals surface area (Å²) in [7, 11) is 0. The predicted molar refractivity (Wildman–Crippen MR) is 76.2 cm³/mol. The summed E-state index contributed by atoms with van der Waals surface area (Å²) in [4.78, 5) is 0. The average molecular weight is 329 g/mol. The second-order valence-electron chi connectivity index (χ2n) is 4.11. The Kier molecular flexibility index (Phi) is 4.38. The van der Waals surface area contributed by atoms with Gasteiger partial charge in [0.1, 0.15) is 5.82 Å². The third kappa shape index (κ3) is 3.31. The first kappa shape index (κ1) is 13.5. The highest BCUT2D eigenvalue weighted by molar-refractivity contribution is 9.10. The topological polar surface area (TPSA) is 26.0 Å². The van der Waals surface area contributed by atoms with E-state index in [0.717, 1.165) is 15.6 Å². The molecule has 2 rings (SSSR count). The molecule has 0 spiro atoms. The summed E-state index contributed by atoms with van der Waals surface area (Å²) in [6, 6.07) is 12.4. The fourth-order valence-electron chi connectivity index (χ4n) is 1.75. The molecule has 18 heavy (non-hydrogen) atoms. The second kappa shape index (κ2) is 5.83. The number of hydrogen-bond donors (Lipinski definition) is 1. The molecule has 0 aliphatic rings. The zero-order valence-corrected chi connectivity index (χ0v) is 11.9. The molecule has 4 heteroatoms. The lowest BCUT2D eigenvalue weighted by Crippen LogP contribution is -2.13. The highest BCUT2D eigenvalue weighted by Gasteiger charge is 2.08. The Morgan fingerprint density at radius 2 is 1.83 bits per heavy atom. The predicted octanol–water partition coefficient (Wildman–Crippen LogP) is 4.48. The van der Waals surface area contributed by atoms with E-state index in [0.29, 0.717) is 6.42 Å². The molecule has 0 aliphatic heterocycles. The van der Waals surface area contributed by atoms with Crippen LogP contribution in [0.3, 0.4) is 0 Å². The number of rotatable bonds is 3. The Labute approximate surface area is 119 Å². The largest absolute Gasteiger partial charge is 0.324 e. The van der Waals surface area contributed by atoms with E-state index in [1.165, 1.54) is 6.07 Å². The van der Waals surface area contributed by atoms with Crippen LogP contribution in [0.15, 0.2) is 46.9 Å². The summed E-state index contributed by atoms with van der Waals surface area (Å²) in [6.07, 6.45) is 0.627. The van der Waals surface area contributed by atoms with Gasteiger partial charge in [0, 0.05) is 10.5 Å². The molecule has 2 aromatic carbocycles. The molecule has 1 unspecified atom stereocenters. The van der Waals surface area contributed by atoms with Crippen LogP contribution in [0.1, 0.15) is 17.2 Å². The summed E-state index contributed by atoms with van der Waals surface area (Å²) >= 11 is 9.12. The van der Waals surface area contributed by atoms with Gasteiger partial charge in [0.05, 0.1) is 5.02 Å². The summed E-state index contributed by atoms with van der Waals surface area (Å²) in [5.74, 6) is -0.405. The highest BCUT2D eigenvalue weighted by Crippen LogP contribution is 2.22. The van der Waals surface area contributed by atoms with Crippen LogP contribution in [0.5, 0.6) is 0 Å². The molecule has 0 amide bonds. The SMILES string of the molecule is NC(Cc1ccc(F)c(Cl)c1)c1ccc(Br)cc1. The standard InChI is InChI=1S/C14H12BrClFN/c15-11-4-2-10(3-5-11)14(18)8-9-1-6-13(17)12(16)7-9/h1-7,14H,8,18H2. The molecule has 0 aromatic heterocycles. The molecular weight excluding hydrogens is 317 g/mol. The Hall–Kier alpha value is -0.900. The van der Waals surface area contributed by atoms with E-state index in [1.807, 2.05) is 24.3 Å². The minimum absolute atomic E-state index is 0.125. The minimum Gasteiger partial charge on any atom is -0.324 e. The number of halogens is 3. The molecule has 2 aromatic rings. The van der Waals surface area contributed by atoms with Crippen molar-refractivity contribution in [3.05, 3.63) is 68.9 Å². The molecule has 2 N–H and O–H groups in total. The Bertz CT molecular complexity index is 542. The zero-order valence-electron chi connectivity index (χ0n) is 9.54. The first-order chi connectivity index (χ1) is 8.56. The van der Waals surface area contributed by atoms with Crippen LogP contribution in [-0.2, 0) is 6.42 Å². The van der Waals surface area contributed by atoms with E-state index < -0.39 is 5.82 Å². The molecule has 0 saturated heterocycles. The van der Waals surface area contributed by atoms with Gasteiger partial charge in [0.15, 0.2) is 0 Å². The van der Waals surface area contributed by atoms with Crippen LogP contribution in [0.2, 0.25) is 5.02 Å². The molecule has 94 valence electrons. The molecule has 0 radical (unpaired) electrons. The van der Waals surface area contributed by atoms with E-state index in [-0.39, 0.29) is 11.1 Å². The van der Waals surface area contributed by atoms with Gasteiger partial charge in [-0.3, -0.25) is 0 Å². The molecule has 0 saturated carbocycles. The highest BCUT2D eigenvalue weighted by atomic mass is 79.9. The quantitative estimate of drug-likeness (QED) is 0.883. The van der Waals surface area contributed by atoms with Crippen molar-refractivity contribution in [2.24, 2.45) is 5.73 Å². The van der Waals surface area contributed by atoms with Crippen LogP contribution < -0.4 is 5.73 Å². The summed E-state index contributed by atoms with van der Waals surface area (Å²) in [5.41, 5.74) is 8.08. The summed E-state index contributed by atoms with van der Waals surface area (Å²) in [6.45, 7) is 0. The normalized spacial score (nSPS) is 12.4. The molecule has 0 aliphatic carbocycles. The summed E-state index contributed by atoms with van der Waals surface area (Å²) < 4.78 is 14.1. The lowest BCUT2D eigenvalue weighted by atomic mass is 10.00. The van der Waals surface area contributed by atoms with Crippen LogP contribution in [0.25, 0.3) is 0 Å². The molecule has 0 bridgehead atoms. The first-order valence-electron chi connectivity index (χ1n) is 5.51. The van der Waals surface area contributed by atoms with Crippen molar-refractivity contribution in [2.75, 3.05) is 0 Å². The van der Waals surface area contributed by atoms with Crippen molar-refractivity contribution in [3.8, 4) is 0 Å². The van der Waals surface area contributed by atoms with E-state index in [1.54, 1.807) is 12.1 Å². The van der Waals surface area contributed by atoms with E-state index in [9.17, 15) is 4.39 Å². The number of nitrogens with two attached hydrogens (primary N) is 1. The van der Waals surface area contributed by atoms with Crippen molar-refractivity contribution in [1.82, 2.24) is 0 Å². The second-order valence-corrected chi connectivity index (χ2v) is 5.43. The third-order valence-corrected chi connectivity index (χ3v) is 3.56. The fourth-order valence-corrected chi connectivity index (χ4v) is 2.22. The van der Waals surface area contributed by atoms with Crippen molar-refractivity contribution in [3.63, 3.8) is 0 Å². The minimum atomic E-state index is -0.405. The van der Waals surface area contributed by atoms with E-state index >= 15 is 0 Å². The van der Waals surface area contributed by atoms with Gasteiger partial charge in [-0.1, -0.05) is 45.7 Å². The molecule has 1 atom stereocenters. The van der Waals surface area contributed by atoms with Gasteiger partial charge in [0.25, 0.3) is 0 Å². The average Bonchev–Trinajstić information content (AvgIpc) is 2.34. The number of hydrogen-bond acceptors (Lipinski definition) is 1. The van der Waals surface area contributed by atoms with E-state index in [2.05, 4.69) is 15.9 Å². The third-order valence-electron chi connectivity index (χ3n) is 2.74.